The lowest BCUT2D eigenvalue weighted by molar-refractivity contribution is 0.753. The number of nitrogens with one attached hydrogen (secondary N) is 1. The molecule has 1 unspecified atom stereocenters. The van der Waals surface area contributed by atoms with E-state index in [1.165, 1.54) is 23.4 Å². The van der Waals surface area contributed by atoms with E-state index < -0.39 is 0 Å². The largest absolute Gasteiger partial charge is 0.307 e. The molecule has 2 rings (SSSR count). The topological polar surface area (TPSA) is 37.8 Å². The molecular weight excluding hydrogens is 242 g/mol. The Hall–Kier alpha value is -0.610. The van der Waals surface area contributed by atoms with E-state index in [-0.39, 0.29) is 0 Å². The minimum atomic E-state index is 0.689. The van der Waals surface area contributed by atoms with E-state index in [4.69, 9.17) is 9.97 Å². The lowest BCUT2D eigenvalue weighted by atomic mass is 10.1. The third-order valence-corrected chi connectivity index (χ3v) is 4.70. The maximum absolute atomic E-state index is 4.77. The van der Waals surface area contributed by atoms with E-state index in [2.05, 4.69) is 26.1 Å². The zero-order chi connectivity index (χ0) is 13.0. The van der Waals surface area contributed by atoms with Gasteiger partial charge in [0.15, 0.2) is 0 Å². The molecule has 0 aliphatic carbocycles. The Bertz CT molecular complexity index is 406. The van der Waals surface area contributed by atoms with E-state index in [1.807, 2.05) is 11.8 Å². The Morgan fingerprint density at radius 1 is 1.28 bits per heavy atom. The molecule has 18 heavy (non-hydrogen) atoms. The molecule has 1 aromatic heterocycles. The van der Waals surface area contributed by atoms with Crippen LogP contribution in [0.1, 0.15) is 56.4 Å². The molecule has 0 spiro atoms. The molecule has 0 aromatic carbocycles. The summed E-state index contributed by atoms with van der Waals surface area (Å²) < 4.78 is 0. The zero-order valence-corrected chi connectivity index (χ0v) is 12.4. The molecule has 0 bridgehead atoms. The highest BCUT2D eigenvalue weighted by atomic mass is 32.2. The van der Waals surface area contributed by atoms with Crippen LogP contribution in [0, 0.1) is 0 Å². The van der Waals surface area contributed by atoms with Crippen molar-refractivity contribution in [1.29, 1.82) is 0 Å². The molecule has 0 fully saturated rings. The molecule has 1 aliphatic heterocycles. The minimum Gasteiger partial charge on any atom is -0.307 e. The molecule has 1 aromatic rings. The molecule has 2 heterocycles. The summed E-state index contributed by atoms with van der Waals surface area (Å²) in [5, 5.41) is 4.07. The van der Waals surface area contributed by atoms with Crippen LogP contribution in [0.3, 0.4) is 0 Å². The fourth-order valence-electron chi connectivity index (χ4n) is 2.14. The van der Waals surface area contributed by atoms with Gasteiger partial charge in [0, 0.05) is 29.6 Å². The third-order valence-electron chi connectivity index (χ3n) is 3.38. The van der Waals surface area contributed by atoms with Gasteiger partial charge >= 0.3 is 0 Å². The van der Waals surface area contributed by atoms with E-state index in [9.17, 15) is 0 Å². The first-order valence-electron chi connectivity index (χ1n) is 6.94. The van der Waals surface area contributed by atoms with Crippen LogP contribution < -0.4 is 5.32 Å². The first kappa shape index (κ1) is 13.8. The number of fused-ring (bicyclic) bond motifs is 1. The van der Waals surface area contributed by atoms with Gasteiger partial charge in [-0.3, -0.25) is 0 Å². The van der Waals surface area contributed by atoms with Crippen LogP contribution >= 0.6 is 11.8 Å². The Labute approximate surface area is 114 Å². The van der Waals surface area contributed by atoms with Crippen LogP contribution in [-0.4, -0.2) is 15.2 Å². The summed E-state index contributed by atoms with van der Waals surface area (Å²) in [6.45, 7) is 8.57. The second kappa shape index (κ2) is 6.53. The van der Waals surface area contributed by atoms with Crippen LogP contribution in [0.15, 0.2) is 0 Å². The number of rotatable bonds is 6. The summed E-state index contributed by atoms with van der Waals surface area (Å²) in [5.74, 6) is 1.96. The summed E-state index contributed by atoms with van der Waals surface area (Å²) in [6, 6.07) is 0. The van der Waals surface area contributed by atoms with Crippen molar-refractivity contribution in [2.75, 3.05) is 0 Å². The Kier molecular flexibility index (Phi) is 5.01. The highest BCUT2D eigenvalue weighted by Gasteiger charge is 2.18. The molecule has 0 amide bonds. The molecule has 0 radical (unpaired) electrons. The van der Waals surface area contributed by atoms with Gasteiger partial charge < -0.3 is 5.32 Å². The van der Waals surface area contributed by atoms with Crippen molar-refractivity contribution in [3.05, 3.63) is 22.8 Å². The van der Waals surface area contributed by atoms with Crippen LogP contribution in [0.25, 0.3) is 0 Å². The number of nitrogens with zero attached hydrogens (tertiary/aromatic N) is 2. The van der Waals surface area contributed by atoms with Crippen molar-refractivity contribution in [3.63, 3.8) is 0 Å². The van der Waals surface area contributed by atoms with Gasteiger partial charge in [0.1, 0.15) is 5.82 Å². The fourth-order valence-corrected chi connectivity index (χ4v) is 2.94. The van der Waals surface area contributed by atoms with Gasteiger partial charge in [0.25, 0.3) is 0 Å². The van der Waals surface area contributed by atoms with E-state index in [1.54, 1.807) is 0 Å². The number of aromatic nitrogens is 2. The van der Waals surface area contributed by atoms with Crippen molar-refractivity contribution in [3.8, 4) is 0 Å². The van der Waals surface area contributed by atoms with Gasteiger partial charge in [0.05, 0.1) is 11.4 Å². The van der Waals surface area contributed by atoms with Gasteiger partial charge in [-0.15, -0.1) is 0 Å². The lowest BCUT2D eigenvalue weighted by Crippen LogP contribution is -2.06. The summed E-state index contributed by atoms with van der Waals surface area (Å²) in [6.07, 6.45) is 3.44. The number of aryl methyl sites for hydroxylation is 1. The molecular formula is C14H23N3S. The average Bonchev–Trinajstić information content (AvgIpc) is 2.84. The Morgan fingerprint density at radius 2 is 2.11 bits per heavy atom. The standard InChI is InChI=1S/C14H23N3S/c1-4-6-12-11-7-15-8-13(11)17-14(16-12)9-18-10(3)5-2/h10,15H,4-9H2,1-3H3. The first-order valence-corrected chi connectivity index (χ1v) is 7.99. The third kappa shape index (κ3) is 3.23. The van der Waals surface area contributed by atoms with Gasteiger partial charge in [0.2, 0.25) is 0 Å². The molecule has 1 N–H and O–H groups in total. The second-order valence-corrected chi connectivity index (χ2v) is 6.32. The molecule has 0 saturated carbocycles. The maximum Gasteiger partial charge on any atom is 0.138 e. The predicted molar refractivity (Wildman–Crippen MR) is 77.6 cm³/mol. The summed E-state index contributed by atoms with van der Waals surface area (Å²) in [7, 11) is 0. The van der Waals surface area contributed by atoms with E-state index >= 15 is 0 Å². The van der Waals surface area contributed by atoms with Gasteiger partial charge in [-0.05, 0) is 12.8 Å². The smallest absolute Gasteiger partial charge is 0.138 e. The summed E-state index contributed by atoms with van der Waals surface area (Å²) in [4.78, 5) is 9.48. The summed E-state index contributed by atoms with van der Waals surface area (Å²) >= 11 is 1.96. The van der Waals surface area contributed by atoms with Crippen LogP contribution in [0.2, 0.25) is 0 Å². The average molecular weight is 265 g/mol. The number of thioether (sulfide) groups is 1. The zero-order valence-electron chi connectivity index (χ0n) is 11.6. The molecule has 0 saturated heterocycles. The maximum atomic E-state index is 4.77. The molecule has 4 heteroatoms. The quantitative estimate of drug-likeness (QED) is 0.858. The summed E-state index contributed by atoms with van der Waals surface area (Å²) in [5.41, 5.74) is 3.86. The van der Waals surface area contributed by atoms with Crippen LogP contribution in [0.5, 0.6) is 0 Å². The van der Waals surface area contributed by atoms with E-state index in [0.717, 1.165) is 37.5 Å². The Morgan fingerprint density at radius 3 is 2.83 bits per heavy atom. The van der Waals surface area contributed by atoms with Gasteiger partial charge in [-0.25, -0.2) is 9.97 Å². The van der Waals surface area contributed by atoms with Gasteiger partial charge in [-0.1, -0.05) is 27.2 Å². The van der Waals surface area contributed by atoms with Crippen molar-refractivity contribution in [2.24, 2.45) is 0 Å². The highest BCUT2D eigenvalue weighted by Crippen LogP contribution is 2.22. The molecule has 1 aliphatic rings. The first-order chi connectivity index (χ1) is 8.74. The van der Waals surface area contributed by atoms with E-state index in [0.29, 0.717) is 5.25 Å². The predicted octanol–water partition coefficient (Wildman–Crippen LogP) is 3.06. The minimum absolute atomic E-state index is 0.689. The fraction of sp³-hybridized carbons (Fsp3) is 0.714. The molecule has 3 nitrogen and oxygen atoms in total. The van der Waals surface area contributed by atoms with Crippen LogP contribution in [0.4, 0.5) is 0 Å². The second-order valence-electron chi connectivity index (χ2n) is 4.90. The van der Waals surface area contributed by atoms with Gasteiger partial charge in [-0.2, -0.15) is 11.8 Å². The SMILES string of the molecule is CCCc1nc(CSC(C)CC)nc2c1CNC2. The molecule has 100 valence electrons. The lowest BCUT2D eigenvalue weighted by Gasteiger charge is -2.11. The monoisotopic (exact) mass is 265 g/mol. The normalized spacial score (nSPS) is 15.7. The van der Waals surface area contributed by atoms with Crippen molar-refractivity contribution in [1.82, 2.24) is 15.3 Å². The van der Waals surface area contributed by atoms with Crippen molar-refractivity contribution < 1.29 is 0 Å². The molecule has 1 atom stereocenters. The van der Waals surface area contributed by atoms with Crippen LogP contribution in [-0.2, 0) is 25.3 Å². The number of hydrogen-bond acceptors (Lipinski definition) is 4. The number of hydrogen-bond donors (Lipinski definition) is 1. The Balaban J connectivity index is 2.13. The van der Waals surface area contributed by atoms with Crippen molar-refractivity contribution >= 4 is 11.8 Å². The highest BCUT2D eigenvalue weighted by molar-refractivity contribution is 7.99. The van der Waals surface area contributed by atoms with Crippen molar-refractivity contribution in [2.45, 2.75) is 64.1 Å².